The number of nitrogens with one attached hydrogen (secondary N) is 2. The van der Waals surface area contributed by atoms with Gasteiger partial charge < -0.3 is 10.6 Å². The Morgan fingerprint density at radius 3 is 2.63 bits per heavy atom. The van der Waals surface area contributed by atoms with Crippen LogP contribution in [0.2, 0.25) is 0 Å². The maximum atomic E-state index is 11.5. The van der Waals surface area contributed by atoms with Crippen LogP contribution in [0, 0.1) is 11.8 Å². The van der Waals surface area contributed by atoms with Crippen molar-refractivity contribution in [2.24, 2.45) is 11.8 Å². The molecule has 0 bridgehead atoms. The average Bonchev–Trinajstić information content (AvgIpc) is 3.23. The predicted octanol–water partition coefficient (Wildman–Crippen LogP) is 2.85. The minimum absolute atomic E-state index is 0.269. The van der Waals surface area contributed by atoms with Crippen molar-refractivity contribution in [2.75, 3.05) is 13.1 Å². The minimum Gasteiger partial charge on any atom is -0.355 e. The molecule has 0 spiro atoms. The molecular formula is C16H30N2O. The van der Waals surface area contributed by atoms with Crippen molar-refractivity contribution in [3.63, 3.8) is 0 Å². The van der Waals surface area contributed by atoms with E-state index >= 15 is 0 Å². The van der Waals surface area contributed by atoms with Gasteiger partial charge in [0.1, 0.15) is 0 Å². The molecule has 0 saturated heterocycles. The summed E-state index contributed by atoms with van der Waals surface area (Å²) in [6, 6.07) is 0.680. The molecule has 2 aliphatic carbocycles. The van der Waals surface area contributed by atoms with Crippen LogP contribution in [-0.4, -0.2) is 25.0 Å². The molecule has 2 aliphatic rings. The second-order valence-corrected chi connectivity index (χ2v) is 6.38. The van der Waals surface area contributed by atoms with Crippen LogP contribution in [-0.2, 0) is 4.79 Å². The van der Waals surface area contributed by atoms with Gasteiger partial charge in [0.2, 0.25) is 5.91 Å². The van der Waals surface area contributed by atoms with Gasteiger partial charge in [0, 0.05) is 25.0 Å². The molecule has 3 nitrogen and oxygen atoms in total. The van der Waals surface area contributed by atoms with Gasteiger partial charge in [-0.05, 0) is 38.0 Å². The fourth-order valence-electron chi connectivity index (χ4n) is 3.23. The zero-order chi connectivity index (χ0) is 13.5. The van der Waals surface area contributed by atoms with Crippen molar-refractivity contribution >= 4 is 5.91 Å². The Morgan fingerprint density at radius 2 is 1.89 bits per heavy atom. The van der Waals surface area contributed by atoms with Crippen LogP contribution in [0.15, 0.2) is 0 Å². The van der Waals surface area contributed by atoms with Gasteiger partial charge in [-0.3, -0.25) is 4.79 Å². The van der Waals surface area contributed by atoms with E-state index in [4.69, 9.17) is 0 Å². The summed E-state index contributed by atoms with van der Waals surface area (Å²) in [7, 11) is 0. The summed E-state index contributed by atoms with van der Waals surface area (Å²) in [4.78, 5) is 11.5. The van der Waals surface area contributed by atoms with Gasteiger partial charge in [0.25, 0.3) is 0 Å². The summed E-state index contributed by atoms with van der Waals surface area (Å²) in [5.41, 5.74) is 0. The number of hydrogen-bond acceptors (Lipinski definition) is 2. The van der Waals surface area contributed by atoms with E-state index in [1.165, 1.54) is 44.9 Å². The minimum atomic E-state index is 0.269. The lowest BCUT2D eigenvalue weighted by Gasteiger charge is -2.17. The molecule has 2 rings (SSSR count). The van der Waals surface area contributed by atoms with E-state index in [9.17, 15) is 4.79 Å². The van der Waals surface area contributed by atoms with Gasteiger partial charge >= 0.3 is 0 Å². The molecule has 0 aliphatic heterocycles. The Bertz CT molecular complexity index is 276. The van der Waals surface area contributed by atoms with Gasteiger partial charge in [-0.15, -0.1) is 0 Å². The first-order valence-electron chi connectivity index (χ1n) is 8.30. The fourth-order valence-corrected chi connectivity index (χ4v) is 3.23. The van der Waals surface area contributed by atoms with E-state index in [0.29, 0.717) is 12.0 Å². The second kappa shape index (κ2) is 7.88. The van der Waals surface area contributed by atoms with E-state index < -0.39 is 0 Å². The van der Waals surface area contributed by atoms with Crippen molar-refractivity contribution in [3.8, 4) is 0 Å². The first-order valence-corrected chi connectivity index (χ1v) is 8.30. The van der Waals surface area contributed by atoms with Crippen LogP contribution in [0.4, 0.5) is 0 Å². The zero-order valence-electron chi connectivity index (χ0n) is 12.4. The van der Waals surface area contributed by atoms with Gasteiger partial charge in [-0.2, -0.15) is 0 Å². The zero-order valence-corrected chi connectivity index (χ0v) is 12.4. The molecule has 0 aromatic rings. The van der Waals surface area contributed by atoms with Crippen molar-refractivity contribution in [1.29, 1.82) is 0 Å². The van der Waals surface area contributed by atoms with Crippen LogP contribution in [0.25, 0.3) is 0 Å². The Hall–Kier alpha value is -0.570. The summed E-state index contributed by atoms with van der Waals surface area (Å²) in [5.74, 6) is 1.57. The molecule has 2 atom stereocenters. The highest BCUT2D eigenvalue weighted by atomic mass is 16.2. The first kappa shape index (κ1) is 14.8. The maximum Gasteiger partial charge on any atom is 0.223 e. The number of carbonyl (C=O) groups excluding carboxylic acids is 1. The molecule has 2 saturated carbocycles. The lowest BCUT2D eigenvalue weighted by molar-refractivity contribution is -0.122. The Morgan fingerprint density at radius 1 is 1.05 bits per heavy atom. The van der Waals surface area contributed by atoms with Crippen LogP contribution in [0.1, 0.15) is 64.7 Å². The second-order valence-electron chi connectivity index (χ2n) is 6.38. The van der Waals surface area contributed by atoms with Crippen LogP contribution >= 0.6 is 0 Å². The van der Waals surface area contributed by atoms with E-state index in [0.717, 1.165) is 31.8 Å². The largest absolute Gasteiger partial charge is 0.355 e. The third-order valence-corrected chi connectivity index (χ3v) is 4.59. The molecule has 1 amide bonds. The van der Waals surface area contributed by atoms with Crippen molar-refractivity contribution in [2.45, 2.75) is 70.8 Å². The first-order chi connectivity index (χ1) is 9.29. The lowest BCUT2D eigenvalue weighted by Crippen LogP contribution is -2.37. The highest BCUT2D eigenvalue weighted by Gasteiger charge is 2.29. The number of rotatable bonds is 7. The Kier molecular flexibility index (Phi) is 6.15. The molecule has 0 radical (unpaired) electrons. The van der Waals surface area contributed by atoms with Crippen LogP contribution in [0.5, 0.6) is 0 Å². The quantitative estimate of drug-likeness (QED) is 0.549. The predicted molar refractivity (Wildman–Crippen MR) is 79.0 cm³/mol. The van der Waals surface area contributed by atoms with E-state index in [1.807, 2.05) is 0 Å². The molecule has 2 unspecified atom stereocenters. The molecule has 2 N–H and O–H groups in total. The van der Waals surface area contributed by atoms with Gasteiger partial charge in [-0.25, -0.2) is 0 Å². The summed E-state index contributed by atoms with van der Waals surface area (Å²) in [6.07, 6.45) is 11.8. The number of carbonyl (C=O) groups is 1. The summed E-state index contributed by atoms with van der Waals surface area (Å²) in [5, 5.41) is 6.65. The molecular weight excluding hydrogens is 236 g/mol. The topological polar surface area (TPSA) is 41.1 Å². The molecule has 19 heavy (non-hydrogen) atoms. The average molecular weight is 266 g/mol. The SMILES string of the molecule is CCCC1CCCC(NCCNC(=O)C2CC2)CC1. The van der Waals surface area contributed by atoms with Gasteiger partial charge in [0.15, 0.2) is 0 Å². The molecule has 3 heteroatoms. The summed E-state index contributed by atoms with van der Waals surface area (Å²) in [6.45, 7) is 4.02. The van der Waals surface area contributed by atoms with E-state index in [1.54, 1.807) is 0 Å². The molecule has 0 heterocycles. The van der Waals surface area contributed by atoms with Gasteiger partial charge in [0.05, 0.1) is 0 Å². The van der Waals surface area contributed by atoms with E-state index in [-0.39, 0.29) is 5.91 Å². The Labute approximate surface area is 117 Å². The standard InChI is InChI=1S/C16H30N2O/c1-2-4-13-5-3-6-15(10-7-13)17-11-12-18-16(19)14-8-9-14/h13-15,17H,2-12H2,1H3,(H,18,19). The Balaban J connectivity index is 1.54. The normalized spacial score (nSPS) is 27.8. The van der Waals surface area contributed by atoms with E-state index in [2.05, 4.69) is 17.6 Å². The van der Waals surface area contributed by atoms with Crippen molar-refractivity contribution in [1.82, 2.24) is 10.6 Å². The smallest absolute Gasteiger partial charge is 0.223 e. The molecule has 0 aromatic heterocycles. The maximum absolute atomic E-state index is 11.5. The monoisotopic (exact) mass is 266 g/mol. The molecule has 2 fully saturated rings. The van der Waals surface area contributed by atoms with Crippen LogP contribution < -0.4 is 10.6 Å². The van der Waals surface area contributed by atoms with Crippen molar-refractivity contribution in [3.05, 3.63) is 0 Å². The summed E-state index contributed by atoms with van der Waals surface area (Å²) >= 11 is 0. The summed E-state index contributed by atoms with van der Waals surface area (Å²) < 4.78 is 0. The molecule has 110 valence electrons. The molecule has 0 aromatic carbocycles. The third kappa shape index (κ3) is 5.52. The number of amides is 1. The number of hydrogen-bond donors (Lipinski definition) is 2. The van der Waals surface area contributed by atoms with Crippen molar-refractivity contribution < 1.29 is 4.79 Å². The third-order valence-electron chi connectivity index (χ3n) is 4.59. The highest BCUT2D eigenvalue weighted by molar-refractivity contribution is 5.80. The van der Waals surface area contributed by atoms with Crippen LogP contribution in [0.3, 0.4) is 0 Å². The van der Waals surface area contributed by atoms with Gasteiger partial charge in [-0.1, -0.05) is 32.6 Å². The highest BCUT2D eigenvalue weighted by Crippen LogP contribution is 2.28. The fraction of sp³-hybridized carbons (Fsp3) is 0.938. The lowest BCUT2D eigenvalue weighted by atomic mass is 9.95.